The van der Waals surface area contributed by atoms with Crippen LogP contribution in [0.2, 0.25) is 0 Å². The van der Waals surface area contributed by atoms with Crippen molar-refractivity contribution in [3.63, 3.8) is 0 Å². The molecule has 0 fully saturated rings. The van der Waals surface area contributed by atoms with E-state index in [0.717, 1.165) is 22.3 Å². The number of benzene rings is 2. The number of hydrogen-bond acceptors (Lipinski definition) is 2. The number of rotatable bonds is 3. The van der Waals surface area contributed by atoms with Crippen LogP contribution in [0.25, 0.3) is 0 Å². The van der Waals surface area contributed by atoms with Gasteiger partial charge in [0.15, 0.2) is 0 Å². The Morgan fingerprint density at radius 1 is 1.00 bits per heavy atom. The average molecular weight is 278 g/mol. The van der Waals surface area contributed by atoms with Gasteiger partial charge in [-0.3, -0.25) is 0 Å². The number of phenols is 1. The summed E-state index contributed by atoms with van der Waals surface area (Å²) < 4.78 is 1.05. The number of para-hydroxylation sites is 1. The number of anilines is 1. The Morgan fingerprint density at radius 3 is 2.38 bits per heavy atom. The fourth-order valence-corrected chi connectivity index (χ4v) is 1.84. The summed E-state index contributed by atoms with van der Waals surface area (Å²) in [5.41, 5.74) is 2.20. The molecule has 0 atom stereocenters. The number of hydrogen-bond donors (Lipinski definition) is 2. The van der Waals surface area contributed by atoms with Crippen molar-refractivity contribution in [1.82, 2.24) is 0 Å². The zero-order valence-electron chi connectivity index (χ0n) is 8.65. The molecule has 0 aliphatic heterocycles. The number of nitrogens with one attached hydrogen (secondary N) is 1. The predicted octanol–water partition coefficient (Wildman–Crippen LogP) is 3.77. The average Bonchev–Trinajstić information content (AvgIpc) is 2.30. The van der Waals surface area contributed by atoms with E-state index in [-0.39, 0.29) is 0 Å². The third kappa shape index (κ3) is 2.76. The van der Waals surface area contributed by atoms with Crippen molar-refractivity contribution in [2.75, 3.05) is 5.32 Å². The van der Waals surface area contributed by atoms with E-state index < -0.39 is 0 Å². The molecule has 0 saturated carbocycles. The summed E-state index contributed by atoms with van der Waals surface area (Å²) in [5.74, 6) is 0.296. The summed E-state index contributed by atoms with van der Waals surface area (Å²) >= 11 is 3.48. The highest BCUT2D eigenvalue weighted by atomic mass is 79.9. The van der Waals surface area contributed by atoms with Gasteiger partial charge < -0.3 is 10.4 Å². The maximum Gasteiger partial charge on any atom is 0.115 e. The van der Waals surface area contributed by atoms with Crippen LogP contribution in [0.4, 0.5) is 5.69 Å². The second-order valence-corrected chi connectivity index (χ2v) is 4.35. The zero-order valence-corrected chi connectivity index (χ0v) is 10.2. The Balaban J connectivity index is 2.02. The molecule has 2 rings (SSSR count). The van der Waals surface area contributed by atoms with Crippen LogP contribution in [0, 0.1) is 0 Å². The molecule has 2 N–H and O–H groups in total. The van der Waals surface area contributed by atoms with Gasteiger partial charge in [-0.25, -0.2) is 0 Å². The largest absolute Gasteiger partial charge is 0.508 e. The van der Waals surface area contributed by atoms with Gasteiger partial charge in [0.2, 0.25) is 0 Å². The topological polar surface area (TPSA) is 32.3 Å². The molecule has 3 heteroatoms. The molecule has 82 valence electrons. The second-order valence-electron chi connectivity index (χ2n) is 3.50. The summed E-state index contributed by atoms with van der Waals surface area (Å²) in [5, 5.41) is 12.5. The molecule has 0 unspecified atom stereocenters. The van der Waals surface area contributed by atoms with E-state index >= 15 is 0 Å². The van der Waals surface area contributed by atoms with E-state index in [2.05, 4.69) is 21.2 Å². The van der Waals surface area contributed by atoms with Gasteiger partial charge in [-0.05, 0) is 45.8 Å². The van der Waals surface area contributed by atoms with Crippen LogP contribution in [0.3, 0.4) is 0 Å². The first-order chi connectivity index (χ1) is 7.75. The summed E-state index contributed by atoms with van der Waals surface area (Å²) in [7, 11) is 0. The lowest BCUT2D eigenvalue weighted by atomic mass is 10.2. The molecule has 0 bridgehead atoms. The van der Waals surface area contributed by atoms with Crippen molar-refractivity contribution < 1.29 is 5.11 Å². The standard InChI is InChI=1S/C13H12BrNO/c14-12-3-1-2-4-13(12)15-9-10-5-7-11(16)8-6-10/h1-8,15-16H,9H2. The third-order valence-corrected chi connectivity index (χ3v) is 2.98. The molecule has 0 amide bonds. The van der Waals surface area contributed by atoms with Crippen molar-refractivity contribution in [2.45, 2.75) is 6.54 Å². The Kier molecular flexibility index (Phi) is 3.47. The lowest BCUT2D eigenvalue weighted by Gasteiger charge is -2.08. The van der Waals surface area contributed by atoms with Crippen LogP contribution in [0.5, 0.6) is 5.75 Å². The summed E-state index contributed by atoms with van der Waals surface area (Å²) in [6.07, 6.45) is 0. The highest BCUT2D eigenvalue weighted by molar-refractivity contribution is 9.10. The van der Waals surface area contributed by atoms with Crippen molar-refractivity contribution in [3.8, 4) is 5.75 Å². The molecule has 2 aromatic carbocycles. The van der Waals surface area contributed by atoms with Crippen molar-refractivity contribution in [2.24, 2.45) is 0 Å². The Bertz CT molecular complexity index is 468. The normalized spacial score (nSPS) is 10.1. The lowest BCUT2D eigenvalue weighted by Crippen LogP contribution is -1.99. The van der Waals surface area contributed by atoms with E-state index in [4.69, 9.17) is 5.11 Å². The fraction of sp³-hybridized carbons (Fsp3) is 0.0769. The van der Waals surface area contributed by atoms with Crippen LogP contribution < -0.4 is 5.32 Å². The van der Waals surface area contributed by atoms with E-state index in [1.807, 2.05) is 36.4 Å². The molecule has 2 nitrogen and oxygen atoms in total. The number of phenolic OH excluding ortho intramolecular Hbond substituents is 1. The highest BCUT2D eigenvalue weighted by Gasteiger charge is 1.97. The molecule has 0 heterocycles. The minimum absolute atomic E-state index is 0.296. The highest BCUT2D eigenvalue weighted by Crippen LogP contribution is 2.22. The number of halogens is 1. The lowest BCUT2D eigenvalue weighted by molar-refractivity contribution is 0.475. The first-order valence-corrected chi connectivity index (χ1v) is 5.81. The van der Waals surface area contributed by atoms with Gasteiger partial charge in [-0.1, -0.05) is 24.3 Å². The van der Waals surface area contributed by atoms with E-state index in [9.17, 15) is 0 Å². The molecule has 0 radical (unpaired) electrons. The molecular weight excluding hydrogens is 266 g/mol. The maximum absolute atomic E-state index is 9.16. The molecule has 2 aromatic rings. The van der Waals surface area contributed by atoms with Gasteiger partial charge in [0, 0.05) is 16.7 Å². The SMILES string of the molecule is Oc1ccc(CNc2ccccc2Br)cc1. The summed E-state index contributed by atoms with van der Waals surface area (Å²) in [6.45, 7) is 0.739. The van der Waals surface area contributed by atoms with Crippen molar-refractivity contribution >= 4 is 21.6 Å². The van der Waals surface area contributed by atoms with Crippen LogP contribution in [0.15, 0.2) is 53.0 Å². The van der Waals surface area contributed by atoms with Gasteiger partial charge in [-0.15, -0.1) is 0 Å². The van der Waals surface area contributed by atoms with Crippen LogP contribution in [0.1, 0.15) is 5.56 Å². The molecule has 0 spiro atoms. The third-order valence-electron chi connectivity index (χ3n) is 2.29. The summed E-state index contributed by atoms with van der Waals surface area (Å²) in [4.78, 5) is 0. The molecule has 0 aliphatic rings. The van der Waals surface area contributed by atoms with Crippen LogP contribution >= 0.6 is 15.9 Å². The number of aromatic hydroxyl groups is 1. The van der Waals surface area contributed by atoms with Crippen LogP contribution in [-0.2, 0) is 6.54 Å². The first-order valence-electron chi connectivity index (χ1n) is 5.02. The predicted molar refractivity (Wildman–Crippen MR) is 69.6 cm³/mol. The van der Waals surface area contributed by atoms with E-state index in [0.29, 0.717) is 5.75 Å². The van der Waals surface area contributed by atoms with Crippen molar-refractivity contribution in [3.05, 3.63) is 58.6 Å². The molecule has 0 saturated heterocycles. The molecule has 16 heavy (non-hydrogen) atoms. The maximum atomic E-state index is 9.16. The summed E-state index contributed by atoms with van der Waals surface area (Å²) in [6, 6.07) is 15.2. The molecular formula is C13H12BrNO. The minimum Gasteiger partial charge on any atom is -0.508 e. The van der Waals surface area contributed by atoms with Crippen LogP contribution in [-0.4, -0.2) is 5.11 Å². The quantitative estimate of drug-likeness (QED) is 0.895. The zero-order chi connectivity index (χ0) is 11.4. The molecule has 0 aliphatic carbocycles. The second kappa shape index (κ2) is 5.03. The van der Waals surface area contributed by atoms with E-state index in [1.165, 1.54) is 0 Å². The Labute approximate surface area is 103 Å². The van der Waals surface area contributed by atoms with Gasteiger partial charge in [0.05, 0.1) is 0 Å². The minimum atomic E-state index is 0.296. The smallest absolute Gasteiger partial charge is 0.115 e. The first kappa shape index (κ1) is 11.0. The van der Waals surface area contributed by atoms with Gasteiger partial charge >= 0.3 is 0 Å². The van der Waals surface area contributed by atoms with Gasteiger partial charge in [-0.2, -0.15) is 0 Å². The molecule has 0 aromatic heterocycles. The van der Waals surface area contributed by atoms with E-state index in [1.54, 1.807) is 12.1 Å². The van der Waals surface area contributed by atoms with Gasteiger partial charge in [0.25, 0.3) is 0 Å². The Hall–Kier alpha value is -1.48. The monoisotopic (exact) mass is 277 g/mol. The van der Waals surface area contributed by atoms with Gasteiger partial charge in [0.1, 0.15) is 5.75 Å². The fourth-order valence-electron chi connectivity index (χ4n) is 1.42. The Morgan fingerprint density at radius 2 is 1.69 bits per heavy atom. The van der Waals surface area contributed by atoms with Crippen molar-refractivity contribution in [1.29, 1.82) is 0 Å².